The number of hydrogen-bond acceptors (Lipinski definition) is 6. The van der Waals surface area contributed by atoms with Crippen LogP contribution in [0.1, 0.15) is 22.8 Å². The minimum Gasteiger partial charge on any atom is -0.493 e. The molecule has 0 bridgehead atoms. The quantitative estimate of drug-likeness (QED) is 0.649. The fourth-order valence-electron chi connectivity index (χ4n) is 2.15. The molecule has 0 saturated carbocycles. The Balaban J connectivity index is 2.29. The van der Waals surface area contributed by atoms with Crippen LogP contribution >= 0.6 is 0 Å². The van der Waals surface area contributed by atoms with E-state index in [1.807, 2.05) is 0 Å². The number of hydrogen-bond donors (Lipinski definition) is 1. The first kappa shape index (κ1) is 17.3. The van der Waals surface area contributed by atoms with Crippen LogP contribution in [-0.2, 0) is 0 Å². The van der Waals surface area contributed by atoms with E-state index in [4.69, 9.17) is 14.2 Å². The molecule has 0 saturated heterocycles. The van der Waals surface area contributed by atoms with Crippen molar-refractivity contribution in [2.24, 2.45) is 5.10 Å². The lowest BCUT2D eigenvalue weighted by atomic mass is 10.1. The lowest BCUT2D eigenvalue weighted by molar-refractivity contribution is 0.0954. The van der Waals surface area contributed by atoms with Gasteiger partial charge in [-0.3, -0.25) is 9.78 Å². The van der Waals surface area contributed by atoms with Gasteiger partial charge in [0.2, 0.25) is 5.75 Å². The van der Waals surface area contributed by atoms with Crippen molar-refractivity contribution in [3.63, 3.8) is 0 Å². The van der Waals surface area contributed by atoms with Gasteiger partial charge in [-0.2, -0.15) is 5.10 Å². The number of nitrogens with one attached hydrogen (secondary N) is 1. The Morgan fingerprint density at radius 2 is 1.67 bits per heavy atom. The molecule has 0 spiro atoms. The van der Waals surface area contributed by atoms with Gasteiger partial charge in [0.25, 0.3) is 5.91 Å². The van der Waals surface area contributed by atoms with Crippen molar-refractivity contribution >= 4 is 11.6 Å². The molecule has 24 heavy (non-hydrogen) atoms. The summed E-state index contributed by atoms with van der Waals surface area (Å²) in [7, 11) is 4.61. The molecule has 1 aromatic carbocycles. The van der Waals surface area contributed by atoms with Crippen LogP contribution in [-0.4, -0.2) is 37.9 Å². The number of pyridine rings is 1. The number of rotatable bonds is 6. The maximum Gasteiger partial charge on any atom is 0.271 e. The predicted octanol–water partition coefficient (Wildman–Crippen LogP) is 2.26. The summed E-state index contributed by atoms with van der Waals surface area (Å²) in [5.74, 6) is 1.17. The number of nitrogens with zero attached hydrogens (tertiary/aromatic N) is 2. The van der Waals surface area contributed by atoms with Gasteiger partial charge in [-0.1, -0.05) is 0 Å². The lowest BCUT2D eigenvalue weighted by Crippen LogP contribution is -2.19. The topological polar surface area (TPSA) is 82.0 Å². The molecule has 1 aromatic heterocycles. The number of benzene rings is 1. The van der Waals surface area contributed by atoms with E-state index in [0.717, 1.165) is 0 Å². The van der Waals surface area contributed by atoms with E-state index in [1.54, 1.807) is 50.7 Å². The number of carbonyl (C=O) groups excluding carboxylic acids is 1. The Morgan fingerprint density at radius 3 is 2.25 bits per heavy atom. The van der Waals surface area contributed by atoms with Crippen LogP contribution in [0.2, 0.25) is 0 Å². The van der Waals surface area contributed by atoms with Gasteiger partial charge in [0.15, 0.2) is 11.5 Å². The van der Waals surface area contributed by atoms with Crippen molar-refractivity contribution in [1.29, 1.82) is 0 Å². The van der Waals surface area contributed by atoms with Gasteiger partial charge in [-0.15, -0.1) is 0 Å². The van der Waals surface area contributed by atoms with Crippen LogP contribution in [0.25, 0.3) is 0 Å². The summed E-state index contributed by atoms with van der Waals surface area (Å²) in [6.45, 7) is 1.76. The smallest absolute Gasteiger partial charge is 0.271 e. The van der Waals surface area contributed by atoms with Crippen LogP contribution in [0.5, 0.6) is 17.2 Å². The molecule has 7 nitrogen and oxygen atoms in total. The van der Waals surface area contributed by atoms with Crippen molar-refractivity contribution in [2.45, 2.75) is 6.92 Å². The van der Waals surface area contributed by atoms with Crippen LogP contribution in [0.4, 0.5) is 0 Å². The summed E-state index contributed by atoms with van der Waals surface area (Å²) in [5, 5.41) is 4.13. The highest BCUT2D eigenvalue weighted by atomic mass is 16.5. The van der Waals surface area contributed by atoms with Gasteiger partial charge in [0.05, 0.1) is 27.0 Å². The maximum atomic E-state index is 12.0. The monoisotopic (exact) mass is 329 g/mol. The van der Waals surface area contributed by atoms with E-state index in [0.29, 0.717) is 34.1 Å². The predicted molar refractivity (Wildman–Crippen MR) is 90.0 cm³/mol. The summed E-state index contributed by atoms with van der Waals surface area (Å²) in [4.78, 5) is 15.9. The lowest BCUT2D eigenvalue weighted by Gasteiger charge is -2.15. The fraction of sp³-hybridized carbons (Fsp3) is 0.235. The average molecular weight is 329 g/mol. The van der Waals surface area contributed by atoms with Crippen molar-refractivity contribution in [1.82, 2.24) is 10.4 Å². The Labute approximate surface area is 140 Å². The molecule has 0 atom stereocenters. The first-order valence-electron chi connectivity index (χ1n) is 7.16. The number of carbonyl (C=O) groups is 1. The van der Waals surface area contributed by atoms with Crippen molar-refractivity contribution in [3.05, 3.63) is 47.8 Å². The molecule has 0 aliphatic carbocycles. The number of aromatic nitrogens is 1. The zero-order chi connectivity index (χ0) is 17.5. The summed E-state index contributed by atoms with van der Waals surface area (Å²) in [5.41, 5.74) is 4.23. The number of ether oxygens (including phenoxy) is 3. The Kier molecular flexibility index (Phi) is 5.73. The second kappa shape index (κ2) is 7.96. The SMILES string of the molecule is COc1ccc(/C(C)=N/NC(=O)c2ccncc2)c(OC)c1OC. The summed E-state index contributed by atoms with van der Waals surface area (Å²) >= 11 is 0. The third-order valence-corrected chi connectivity index (χ3v) is 3.36. The summed E-state index contributed by atoms with van der Waals surface area (Å²) in [6, 6.07) is 6.76. The van der Waals surface area contributed by atoms with Crippen molar-refractivity contribution < 1.29 is 19.0 Å². The van der Waals surface area contributed by atoms with Gasteiger partial charge < -0.3 is 14.2 Å². The molecule has 126 valence electrons. The summed E-state index contributed by atoms with van der Waals surface area (Å²) < 4.78 is 16.0. The molecular weight excluding hydrogens is 310 g/mol. The molecule has 1 N–H and O–H groups in total. The largest absolute Gasteiger partial charge is 0.493 e. The Hall–Kier alpha value is -3.09. The van der Waals surface area contributed by atoms with E-state index in [2.05, 4.69) is 15.5 Å². The van der Waals surface area contributed by atoms with Crippen LogP contribution in [0.15, 0.2) is 41.8 Å². The fourth-order valence-corrected chi connectivity index (χ4v) is 2.15. The van der Waals surface area contributed by atoms with Gasteiger partial charge >= 0.3 is 0 Å². The maximum absolute atomic E-state index is 12.0. The van der Waals surface area contributed by atoms with Gasteiger partial charge in [0.1, 0.15) is 0 Å². The van der Waals surface area contributed by atoms with Crippen LogP contribution in [0, 0.1) is 0 Å². The van der Waals surface area contributed by atoms with E-state index in [9.17, 15) is 4.79 Å². The number of hydrazone groups is 1. The molecule has 2 rings (SSSR count). The second-order valence-electron chi connectivity index (χ2n) is 4.76. The highest BCUT2D eigenvalue weighted by molar-refractivity contribution is 6.03. The molecule has 7 heteroatoms. The van der Waals surface area contributed by atoms with Gasteiger partial charge in [-0.05, 0) is 31.2 Å². The van der Waals surface area contributed by atoms with Crippen molar-refractivity contribution in [2.75, 3.05) is 21.3 Å². The Morgan fingerprint density at radius 1 is 1.00 bits per heavy atom. The molecule has 2 aromatic rings. The average Bonchev–Trinajstić information content (AvgIpc) is 2.64. The van der Waals surface area contributed by atoms with E-state index in [-0.39, 0.29) is 5.91 Å². The highest BCUT2D eigenvalue weighted by Gasteiger charge is 2.17. The third kappa shape index (κ3) is 3.62. The molecule has 0 radical (unpaired) electrons. The standard InChI is InChI=1S/C17H19N3O4/c1-11(19-20-17(21)12-7-9-18-10-8-12)13-5-6-14(22-2)16(24-4)15(13)23-3/h5-10H,1-4H3,(H,20,21)/b19-11+. The van der Waals surface area contributed by atoms with Crippen molar-refractivity contribution in [3.8, 4) is 17.2 Å². The van der Waals surface area contributed by atoms with E-state index >= 15 is 0 Å². The normalized spacial score (nSPS) is 10.9. The highest BCUT2D eigenvalue weighted by Crippen LogP contribution is 2.39. The van der Waals surface area contributed by atoms with Gasteiger partial charge in [-0.25, -0.2) is 5.43 Å². The minimum absolute atomic E-state index is 0.323. The zero-order valence-corrected chi connectivity index (χ0v) is 14.0. The zero-order valence-electron chi connectivity index (χ0n) is 14.0. The molecular formula is C17H19N3O4. The van der Waals surface area contributed by atoms with E-state index < -0.39 is 0 Å². The molecule has 0 aliphatic heterocycles. The second-order valence-corrected chi connectivity index (χ2v) is 4.76. The minimum atomic E-state index is -0.323. The first-order chi connectivity index (χ1) is 11.6. The van der Waals surface area contributed by atoms with Gasteiger partial charge in [0, 0.05) is 23.5 Å². The molecule has 1 heterocycles. The molecule has 0 fully saturated rings. The van der Waals surface area contributed by atoms with Crippen LogP contribution < -0.4 is 19.6 Å². The molecule has 0 aliphatic rings. The Bertz CT molecular complexity index is 745. The first-order valence-corrected chi connectivity index (χ1v) is 7.16. The number of methoxy groups -OCH3 is 3. The third-order valence-electron chi connectivity index (χ3n) is 3.36. The van der Waals surface area contributed by atoms with Crippen LogP contribution in [0.3, 0.4) is 0 Å². The number of amides is 1. The molecule has 1 amide bonds. The molecule has 0 unspecified atom stereocenters. The summed E-state index contributed by atoms with van der Waals surface area (Å²) in [6.07, 6.45) is 3.09. The van der Waals surface area contributed by atoms with E-state index in [1.165, 1.54) is 14.2 Å².